The Bertz CT molecular complexity index is 1210. The van der Waals surface area contributed by atoms with Crippen LogP contribution in [0.15, 0.2) is 73.3 Å². The number of rotatable bonds is 7. The molecule has 1 amide bonds. The molecule has 0 aliphatic heterocycles. The zero-order chi connectivity index (χ0) is 20.9. The molecular weight excluding hydrogens is 386 g/mol. The van der Waals surface area contributed by atoms with Crippen molar-refractivity contribution in [1.82, 2.24) is 14.5 Å². The van der Waals surface area contributed by atoms with Crippen LogP contribution in [0.3, 0.4) is 0 Å². The third-order valence-electron chi connectivity index (χ3n) is 4.45. The molecule has 30 heavy (non-hydrogen) atoms. The number of nitrogens with one attached hydrogen (secondary N) is 1. The number of aromatic nitrogens is 3. The summed E-state index contributed by atoms with van der Waals surface area (Å²) in [6.07, 6.45) is 6.65. The van der Waals surface area contributed by atoms with Gasteiger partial charge in [-0.2, -0.15) is 0 Å². The first-order valence-corrected chi connectivity index (χ1v) is 9.10. The molecule has 0 unspecified atom stereocenters. The molecule has 0 bridgehead atoms. The average Bonchev–Trinajstić information content (AvgIpc) is 3.15. The number of fused-ring (bicyclic) bond motifs is 1. The monoisotopic (exact) mass is 403 g/mol. The van der Waals surface area contributed by atoms with Crippen molar-refractivity contribution in [3.63, 3.8) is 0 Å². The van der Waals surface area contributed by atoms with Gasteiger partial charge in [0.25, 0.3) is 5.69 Å². The van der Waals surface area contributed by atoms with E-state index in [2.05, 4.69) is 15.3 Å². The Labute approximate surface area is 171 Å². The van der Waals surface area contributed by atoms with Crippen molar-refractivity contribution in [1.29, 1.82) is 0 Å². The summed E-state index contributed by atoms with van der Waals surface area (Å²) in [6.45, 7) is 0.347. The molecule has 0 aliphatic carbocycles. The fourth-order valence-corrected chi connectivity index (χ4v) is 3.01. The Morgan fingerprint density at radius 2 is 1.97 bits per heavy atom. The van der Waals surface area contributed by atoms with Gasteiger partial charge in [0, 0.05) is 47.8 Å². The van der Waals surface area contributed by atoms with E-state index in [1.807, 2.05) is 12.1 Å². The highest BCUT2D eigenvalue weighted by molar-refractivity contribution is 5.92. The van der Waals surface area contributed by atoms with Crippen LogP contribution < -0.4 is 10.1 Å². The van der Waals surface area contributed by atoms with Crippen molar-refractivity contribution in [3.05, 3.63) is 89.0 Å². The van der Waals surface area contributed by atoms with Crippen molar-refractivity contribution in [2.24, 2.45) is 0 Å². The zero-order valence-electron chi connectivity index (χ0n) is 15.8. The number of benzene rings is 1. The van der Waals surface area contributed by atoms with E-state index in [4.69, 9.17) is 4.74 Å². The molecular formula is C21H17N5O4. The molecule has 4 rings (SSSR count). The number of amides is 1. The summed E-state index contributed by atoms with van der Waals surface area (Å²) in [5, 5.41) is 14.4. The minimum atomic E-state index is -0.446. The Hall–Kier alpha value is -4.27. The lowest BCUT2D eigenvalue weighted by Gasteiger charge is -2.12. The third kappa shape index (κ3) is 4.25. The van der Waals surface area contributed by atoms with Crippen LogP contribution in [0.25, 0.3) is 10.9 Å². The lowest BCUT2D eigenvalue weighted by atomic mass is 10.2. The van der Waals surface area contributed by atoms with E-state index in [1.165, 1.54) is 12.1 Å². The zero-order valence-corrected chi connectivity index (χ0v) is 15.8. The van der Waals surface area contributed by atoms with E-state index in [0.717, 1.165) is 11.1 Å². The molecule has 9 nitrogen and oxygen atoms in total. The maximum Gasteiger partial charge on any atom is 0.270 e. The SMILES string of the molecule is O=C(Cn1ccc2cc([N+](=O)[O-])ccc21)Nc1ncccc1OCc1ccncc1. The number of carbonyl (C=O) groups is 1. The molecule has 0 radical (unpaired) electrons. The first-order chi connectivity index (χ1) is 14.6. The smallest absolute Gasteiger partial charge is 0.270 e. The molecule has 150 valence electrons. The van der Waals surface area contributed by atoms with Gasteiger partial charge >= 0.3 is 0 Å². The summed E-state index contributed by atoms with van der Waals surface area (Å²) in [7, 11) is 0. The number of nitro groups is 1. The molecule has 0 saturated heterocycles. The first kappa shape index (κ1) is 19.1. The first-order valence-electron chi connectivity index (χ1n) is 9.10. The Balaban J connectivity index is 1.46. The number of carbonyl (C=O) groups excluding carboxylic acids is 1. The molecule has 9 heteroatoms. The van der Waals surface area contributed by atoms with Crippen molar-refractivity contribution in [2.45, 2.75) is 13.2 Å². The van der Waals surface area contributed by atoms with Crippen LogP contribution in [0, 0.1) is 10.1 Å². The van der Waals surface area contributed by atoms with Gasteiger partial charge in [-0.25, -0.2) is 4.98 Å². The standard InChI is InChI=1S/C21H17N5O4/c27-20(13-25-11-7-16-12-17(26(28)29)3-4-18(16)25)24-21-19(2-1-8-23-21)30-14-15-5-9-22-10-6-15/h1-12H,13-14H2,(H,23,24,27). The van der Waals surface area contributed by atoms with Crippen molar-refractivity contribution in [2.75, 3.05) is 5.32 Å². The normalized spacial score (nSPS) is 10.7. The second-order valence-electron chi connectivity index (χ2n) is 6.49. The summed E-state index contributed by atoms with van der Waals surface area (Å²) in [5.41, 5.74) is 1.68. The molecule has 1 aromatic carbocycles. The fraction of sp³-hybridized carbons (Fsp3) is 0.0952. The fourth-order valence-electron chi connectivity index (χ4n) is 3.01. The van der Waals surface area contributed by atoms with Crippen molar-refractivity contribution in [3.8, 4) is 5.75 Å². The summed E-state index contributed by atoms with van der Waals surface area (Å²) >= 11 is 0. The van der Waals surface area contributed by atoms with Crippen LogP contribution in [0.2, 0.25) is 0 Å². The van der Waals surface area contributed by atoms with Crippen LogP contribution in [0.4, 0.5) is 11.5 Å². The van der Waals surface area contributed by atoms with Crippen LogP contribution >= 0.6 is 0 Å². The Morgan fingerprint density at radius 1 is 1.13 bits per heavy atom. The third-order valence-corrected chi connectivity index (χ3v) is 4.45. The maximum absolute atomic E-state index is 12.6. The minimum Gasteiger partial charge on any atom is -0.485 e. The van der Waals surface area contributed by atoms with E-state index in [0.29, 0.717) is 23.6 Å². The van der Waals surface area contributed by atoms with Gasteiger partial charge < -0.3 is 14.6 Å². The number of pyridine rings is 2. The van der Waals surface area contributed by atoms with Gasteiger partial charge in [0.1, 0.15) is 13.2 Å². The van der Waals surface area contributed by atoms with E-state index in [-0.39, 0.29) is 18.1 Å². The summed E-state index contributed by atoms with van der Waals surface area (Å²) in [6, 6.07) is 13.4. The number of nitro benzene ring substituents is 1. The van der Waals surface area contributed by atoms with E-state index in [1.54, 1.807) is 53.6 Å². The lowest BCUT2D eigenvalue weighted by Crippen LogP contribution is -2.19. The van der Waals surface area contributed by atoms with Gasteiger partial charge in [-0.15, -0.1) is 0 Å². The molecule has 0 atom stereocenters. The average molecular weight is 403 g/mol. The van der Waals surface area contributed by atoms with Gasteiger partial charge in [0.15, 0.2) is 11.6 Å². The Morgan fingerprint density at radius 3 is 2.77 bits per heavy atom. The van der Waals surface area contributed by atoms with Crippen LogP contribution in [-0.2, 0) is 17.9 Å². The summed E-state index contributed by atoms with van der Waals surface area (Å²) < 4.78 is 7.51. The van der Waals surface area contributed by atoms with Gasteiger partial charge in [-0.05, 0) is 42.0 Å². The molecule has 3 aromatic heterocycles. The quantitative estimate of drug-likeness (QED) is 0.373. The number of nitrogens with zero attached hydrogens (tertiary/aromatic N) is 4. The topological polar surface area (TPSA) is 112 Å². The molecule has 4 aromatic rings. The summed E-state index contributed by atoms with van der Waals surface area (Å²) in [4.78, 5) is 31.2. The van der Waals surface area contributed by atoms with Crippen molar-refractivity contribution >= 4 is 28.3 Å². The molecule has 3 heterocycles. The van der Waals surface area contributed by atoms with Gasteiger partial charge in [-0.1, -0.05) is 0 Å². The highest BCUT2D eigenvalue weighted by Gasteiger charge is 2.13. The lowest BCUT2D eigenvalue weighted by molar-refractivity contribution is -0.384. The maximum atomic E-state index is 12.6. The highest BCUT2D eigenvalue weighted by atomic mass is 16.6. The highest BCUT2D eigenvalue weighted by Crippen LogP contribution is 2.24. The molecule has 0 aliphatic rings. The predicted octanol–water partition coefficient (Wildman–Crippen LogP) is 3.56. The minimum absolute atomic E-state index is 0.00850. The van der Waals surface area contributed by atoms with E-state index in [9.17, 15) is 14.9 Å². The molecule has 0 saturated carbocycles. The molecule has 0 fully saturated rings. The van der Waals surface area contributed by atoms with Crippen LogP contribution in [-0.4, -0.2) is 25.4 Å². The predicted molar refractivity (Wildman–Crippen MR) is 110 cm³/mol. The summed E-state index contributed by atoms with van der Waals surface area (Å²) in [5.74, 6) is 0.484. The number of non-ortho nitro benzene ring substituents is 1. The van der Waals surface area contributed by atoms with Gasteiger partial charge in [0.2, 0.25) is 5.91 Å². The number of hydrogen-bond acceptors (Lipinski definition) is 6. The van der Waals surface area contributed by atoms with Gasteiger partial charge in [-0.3, -0.25) is 19.9 Å². The van der Waals surface area contributed by atoms with Gasteiger partial charge in [0.05, 0.1) is 4.92 Å². The van der Waals surface area contributed by atoms with E-state index >= 15 is 0 Å². The Kier molecular flexibility index (Phi) is 5.33. The van der Waals surface area contributed by atoms with E-state index < -0.39 is 4.92 Å². The van der Waals surface area contributed by atoms with Crippen LogP contribution in [0.5, 0.6) is 5.75 Å². The second-order valence-corrected chi connectivity index (χ2v) is 6.49. The molecule has 1 N–H and O–H groups in total. The number of anilines is 1. The largest absolute Gasteiger partial charge is 0.485 e. The second kappa shape index (κ2) is 8.39. The number of ether oxygens (including phenoxy) is 1. The number of hydrogen-bond donors (Lipinski definition) is 1. The van der Waals surface area contributed by atoms with Crippen LogP contribution in [0.1, 0.15) is 5.56 Å². The molecule has 0 spiro atoms. The van der Waals surface area contributed by atoms with Crippen molar-refractivity contribution < 1.29 is 14.5 Å².